The van der Waals surface area contributed by atoms with Gasteiger partial charge in [-0.05, 0) is 31.5 Å². The first-order chi connectivity index (χ1) is 14.8. The van der Waals surface area contributed by atoms with Gasteiger partial charge in [-0.2, -0.15) is 13.2 Å². The number of hydrogen-bond acceptors (Lipinski definition) is 6. The molecule has 0 fully saturated rings. The second kappa shape index (κ2) is 7.98. The monoisotopic (exact) mass is 427 g/mol. The molecule has 2 heterocycles. The summed E-state index contributed by atoms with van der Waals surface area (Å²) in [6.07, 6.45) is -3.75. The third-order valence-electron chi connectivity index (χ3n) is 5.04. The van der Waals surface area contributed by atoms with Crippen LogP contribution in [0, 0.1) is 0 Å². The average molecular weight is 427 g/mol. The predicted octanol–water partition coefficient (Wildman–Crippen LogP) is 5.35. The molecule has 160 valence electrons. The lowest BCUT2D eigenvalue weighted by atomic mass is 10.1. The number of nitrogens with zero attached hydrogens (tertiary/aromatic N) is 4. The van der Waals surface area contributed by atoms with Crippen LogP contribution < -0.4 is 10.1 Å². The van der Waals surface area contributed by atoms with Crippen LogP contribution in [-0.4, -0.2) is 34.8 Å². The zero-order valence-electron chi connectivity index (χ0n) is 17.2. The van der Waals surface area contributed by atoms with E-state index < -0.39 is 11.7 Å². The Morgan fingerprint density at radius 1 is 1.06 bits per heavy atom. The maximum absolute atomic E-state index is 13.6. The number of nitrogens with one attached hydrogen (secondary N) is 1. The minimum Gasteiger partial charge on any atom is -0.494 e. The van der Waals surface area contributed by atoms with E-state index in [9.17, 15) is 13.2 Å². The number of hydrogen-bond donors (Lipinski definition) is 1. The quantitative estimate of drug-likeness (QED) is 0.610. The third-order valence-corrected chi connectivity index (χ3v) is 5.04. The van der Waals surface area contributed by atoms with Gasteiger partial charge in [0.2, 0.25) is 5.96 Å². The Hall–Kier alpha value is -3.49. The molecule has 31 heavy (non-hydrogen) atoms. The van der Waals surface area contributed by atoms with E-state index in [2.05, 4.69) is 25.3 Å². The van der Waals surface area contributed by atoms with Gasteiger partial charge in [-0.3, -0.25) is 0 Å². The van der Waals surface area contributed by atoms with E-state index in [1.165, 1.54) is 25.3 Å². The van der Waals surface area contributed by atoms with Gasteiger partial charge in [0.1, 0.15) is 17.1 Å². The standard InChI is InChI=1S/C22H20F3N5O/c1-4-16-12(2)26-21(27-16)30-20-14-9-7-11-17(31-3)18(14)28-19(29-20)13-8-5-6-10-15(13)22(23,24)25/h5-11,16H,4H2,1-3H3,(H,27,28,29,30). The van der Waals surface area contributed by atoms with Crippen molar-refractivity contribution >= 4 is 28.4 Å². The Bertz CT molecular complexity index is 1200. The van der Waals surface area contributed by atoms with E-state index in [1.807, 2.05) is 13.8 Å². The molecule has 0 saturated carbocycles. The predicted molar refractivity (Wildman–Crippen MR) is 115 cm³/mol. The Labute approximate surface area is 176 Å². The minimum absolute atomic E-state index is 0.0319. The molecule has 6 nitrogen and oxygen atoms in total. The summed E-state index contributed by atoms with van der Waals surface area (Å²) in [7, 11) is 1.48. The number of rotatable bonds is 4. The molecule has 0 saturated heterocycles. The fourth-order valence-corrected chi connectivity index (χ4v) is 3.50. The number of para-hydroxylation sites is 1. The number of guanidine groups is 1. The molecule has 0 spiro atoms. The van der Waals surface area contributed by atoms with Crippen molar-refractivity contribution in [1.29, 1.82) is 0 Å². The number of halogens is 3. The maximum atomic E-state index is 13.6. The molecule has 1 unspecified atom stereocenters. The van der Waals surface area contributed by atoms with E-state index in [0.717, 1.165) is 18.2 Å². The van der Waals surface area contributed by atoms with Crippen molar-refractivity contribution in [2.24, 2.45) is 9.98 Å². The number of anilines is 1. The molecule has 3 aromatic rings. The van der Waals surface area contributed by atoms with Crippen LogP contribution in [0.4, 0.5) is 19.0 Å². The normalized spacial score (nSPS) is 16.3. The molecule has 0 amide bonds. The largest absolute Gasteiger partial charge is 0.494 e. The molecule has 0 radical (unpaired) electrons. The molecule has 1 aliphatic rings. The summed E-state index contributed by atoms with van der Waals surface area (Å²) in [6, 6.07) is 10.4. The molecule has 1 atom stereocenters. The highest BCUT2D eigenvalue weighted by atomic mass is 19.4. The van der Waals surface area contributed by atoms with E-state index >= 15 is 0 Å². The van der Waals surface area contributed by atoms with Gasteiger partial charge in [-0.25, -0.2) is 20.0 Å². The lowest BCUT2D eigenvalue weighted by Crippen LogP contribution is -2.12. The van der Waals surface area contributed by atoms with Crippen molar-refractivity contribution in [3.8, 4) is 17.1 Å². The van der Waals surface area contributed by atoms with E-state index in [0.29, 0.717) is 28.4 Å². The van der Waals surface area contributed by atoms with Crippen LogP contribution in [0.15, 0.2) is 52.4 Å². The summed E-state index contributed by atoms with van der Waals surface area (Å²) in [5, 5.41) is 3.66. The number of aromatic nitrogens is 2. The Morgan fingerprint density at radius 2 is 1.84 bits per heavy atom. The highest BCUT2D eigenvalue weighted by Gasteiger charge is 2.34. The van der Waals surface area contributed by atoms with Crippen molar-refractivity contribution in [3.63, 3.8) is 0 Å². The smallest absolute Gasteiger partial charge is 0.417 e. The first-order valence-corrected chi connectivity index (χ1v) is 9.73. The summed E-state index contributed by atoms with van der Waals surface area (Å²) in [6.45, 7) is 3.89. The summed E-state index contributed by atoms with van der Waals surface area (Å²) >= 11 is 0. The minimum atomic E-state index is -4.55. The van der Waals surface area contributed by atoms with E-state index in [4.69, 9.17) is 4.74 Å². The number of fused-ring (bicyclic) bond motifs is 1. The van der Waals surface area contributed by atoms with Gasteiger partial charge in [-0.1, -0.05) is 31.2 Å². The fourth-order valence-electron chi connectivity index (χ4n) is 3.50. The van der Waals surface area contributed by atoms with Crippen LogP contribution in [-0.2, 0) is 6.18 Å². The molecule has 0 bridgehead atoms. The van der Waals surface area contributed by atoms with Crippen molar-refractivity contribution in [2.45, 2.75) is 32.5 Å². The average Bonchev–Trinajstić information content (AvgIpc) is 3.11. The molecule has 4 rings (SSSR count). The van der Waals surface area contributed by atoms with Gasteiger partial charge in [0.25, 0.3) is 0 Å². The Balaban J connectivity index is 1.92. The zero-order valence-corrected chi connectivity index (χ0v) is 17.2. The fraction of sp³-hybridized carbons (Fsp3) is 0.273. The lowest BCUT2D eigenvalue weighted by Gasteiger charge is -2.15. The number of alkyl halides is 3. The second-order valence-corrected chi connectivity index (χ2v) is 7.05. The maximum Gasteiger partial charge on any atom is 0.417 e. The Kier molecular flexibility index (Phi) is 5.34. The number of benzene rings is 2. The molecular weight excluding hydrogens is 407 g/mol. The van der Waals surface area contributed by atoms with Crippen LogP contribution in [0.3, 0.4) is 0 Å². The summed E-state index contributed by atoms with van der Waals surface area (Å²) in [5.41, 5.74) is 0.322. The van der Waals surface area contributed by atoms with Crippen molar-refractivity contribution in [1.82, 2.24) is 9.97 Å². The van der Waals surface area contributed by atoms with Crippen molar-refractivity contribution < 1.29 is 17.9 Å². The summed E-state index contributed by atoms with van der Waals surface area (Å²) < 4.78 is 46.2. The zero-order chi connectivity index (χ0) is 22.2. The van der Waals surface area contributed by atoms with Gasteiger partial charge >= 0.3 is 6.18 Å². The van der Waals surface area contributed by atoms with Crippen LogP contribution in [0.5, 0.6) is 5.75 Å². The number of methoxy groups -OCH3 is 1. The lowest BCUT2D eigenvalue weighted by molar-refractivity contribution is -0.137. The van der Waals surface area contributed by atoms with Crippen LogP contribution in [0.1, 0.15) is 25.8 Å². The molecule has 1 aromatic heterocycles. The number of ether oxygens (including phenoxy) is 1. The molecule has 1 N–H and O–H groups in total. The van der Waals surface area contributed by atoms with E-state index in [1.54, 1.807) is 18.2 Å². The van der Waals surface area contributed by atoms with Gasteiger partial charge in [0, 0.05) is 16.7 Å². The molecular formula is C22H20F3N5O. The first-order valence-electron chi connectivity index (χ1n) is 9.73. The van der Waals surface area contributed by atoms with E-state index in [-0.39, 0.29) is 17.4 Å². The van der Waals surface area contributed by atoms with Crippen molar-refractivity contribution in [3.05, 3.63) is 48.0 Å². The highest BCUT2D eigenvalue weighted by molar-refractivity contribution is 6.11. The summed E-state index contributed by atoms with van der Waals surface area (Å²) in [5.74, 6) is 1.03. The molecule has 0 aliphatic carbocycles. The molecule has 1 aliphatic heterocycles. The highest BCUT2D eigenvalue weighted by Crippen LogP contribution is 2.38. The third kappa shape index (κ3) is 3.95. The topological polar surface area (TPSA) is 71.8 Å². The van der Waals surface area contributed by atoms with Gasteiger partial charge in [0.15, 0.2) is 5.82 Å². The molecule has 9 heteroatoms. The van der Waals surface area contributed by atoms with Gasteiger partial charge in [-0.15, -0.1) is 0 Å². The number of aliphatic imine (C=N–C) groups is 2. The van der Waals surface area contributed by atoms with Crippen LogP contribution >= 0.6 is 0 Å². The van der Waals surface area contributed by atoms with Crippen molar-refractivity contribution in [2.75, 3.05) is 12.4 Å². The van der Waals surface area contributed by atoms with Gasteiger partial charge < -0.3 is 10.1 Å². The first kappa shape index (κ1) is 20.8. The van der Waals surface area contributed by atoms with Crippen LogP contribution in [0.2, 0.25) is 0 Å². The second-order valence-electron chi connectivity index (χ2n) is 7.05. The summed E-state index contributed by atoms with van der Waals surface area (Å²) in [4.78, 5) is 17.8. The van der Waals surface area contributed by atoms with Gasteiger partial charge in [0.05, 0.1) is 18.7 Å². The van der Waals surface area contributed by atoms with Crippen LogP contribution in [0.25, 0.3) is 22.3 Å². The SMILES string of the molecule is CCC1N=C(Nc2nc(-c3ccccc3C(F)(F)F)nc3c(OC)cccc23)N=C1C. The Morgan fingerprint density at radius 3 is 2.52 bits per heavy atom. The molecule has 2 aromatic carbocycles.